The second-order valence-corrected chi connectivity index (χ2v) is 3.83. The van der Waals surface area contributed by atoms with Crippen LogP contribution in [0.3, 0.4) is 0 Å². The van der Waals surface area contributed by atoms with E-state index in [1.54, 1.807) is 0 Å². The highest BCUT2D eigenvalue weighted by Crippen LogP contribution is 2.10. The molecule has 0 aromatic heterocycles. The highest BCUT2D eigenvalue weighted by molar-refractivity contribution is 6.31. The Morgan fingerprint density at radius 1 is 1.40 bits per heavy atom. The number of carboxylic acid groups (broad SMARTS) is 1. The highest BCUT2D eigenvalue weighted by Gasteiger charge is 2.25. The van der Waals surface area contributed by atoms with Crippen LogP contribution in [0, 0.1) is 0 Å². The van der Waals surface area contributed by atoms with E-state index < -0.39 is 11.9 Å². The summed E-state index contributed by atoms with van der Waals surface area (Å²) >= 11 is 0. The molecule has 1 saturated heterocycles. The minimum Gasteiger partial charge on any atom is -0.474 e. The van der Waals surface area contributed by atoms with Crippen molar-refractivity contribution in [2.75, 3.05) is 19.6 Å². The zero-order chi connectivity index (χ0) is 11.3. The predicted octanol–water partition coefficient (Wildman–Crippen LogP) is 0.0616. The van der Waals surface area contributed by atoms with E-state index in [1.807, 2.05) is 0 Å². The molecule has 0 spiro atoms. The van der Waals surface area contributed by atoms with Crippen molar-refractivity contribution in [3.05, 3.63) is 0 Å². The average Bonchev–Trinajstić information content (AvgIpc) is 2.26. The Bertz CT molecular complexity index is 235. The zero-order valence-corrected chi connectivity index (χ0v) is 9.03. The number of carbonyl (C=O) groups excluding carboxylic acids is 1. The molecule has 1 rings (SSSR count). The number of hydrogen-bond donors (Lipinski definition) is 2. The number of amides is 1. The number of hydrogen-bond acceptors (Lipinski definition) is 3. The molecule has 1 fully saturated rings. The Hall–Kier alpha value is -1.10. The largest absolute Gasteiger partial charge is 0.474 e. The quantitative estimate of drug-likeness (QED) is 0.652. The average molecular weight is 214 g/mol. The third-order valence-corrected chi connectivity index (χ3v) is 2.65. The topological polar surface area (TPSA) is 69.6 Å². The van der Waals surface area contributed by atoms with Crippen LogP contribution in [-0.2, 0) is 9.59 Å². The van der Waals surface area contributed by atoms with Crippen molar-refractivity contribution in [2.45, 2.75) is 32.2 Å². The summed E-state index contributed by atoms with van der Waals surface area (Å²) in [4.78, 5) is 23.0. The van der Waals surface area contributed by atoms with Gasteiger partial charge in [-0.15, -0.1) is 0 Å². The van der Waals surface area contributed by atoms with Crippen molar-refractivity contribution in [1.82, 2.24) is 10.2 Å². The van der Waals surface area contributed by atoms with Gasteiger partial charge in [0.25, 0.3) is 0 Å². The SMILES string of the molecule is CCCNC1CCN(C(=O)C(=O)O)CC1. The molecule has 5 nitrogen and oxygen atoms in total. The van der Waals surface area contributed by atoms with Crippen molar-refractivity contribution < 1.29 is 14.7 Å². The maximum absolute atomic E-state index is 11.1. The number of piperidine rings is 1. The Balaban J connectivity index is 2.29. The fourth-order valence-electron chi connectivity index (χ4n) is 1.77. The summed E-state index contributed by atoms with van der Waals surface area (Å²) in [7, 11) is 0. The van der Waals surface area contributed by atoms with Gasteiger partial charge in [0, 0.05) is 19.1 Å². The minimum absolute atomic E-state index is 0.433. The number of aliphatic carboxylic acids is 1. The summed E-state index contributed by atoms with van der Waals surface area (Å²) < 4.78 is 0. The van der Waals surface area contributed by atoms with E-state index >= 15 is 0 Å². The number of rotatable bonds is 3. The van der Waals surface area contributed by atoms with E-state index in [-0.39, 0.29) is 0 Å². The number of carboxylic acids is 1. The lowest BCUT2D eigenvalue weighted by atomic mass is 10.0. The summed E-state index contributed by atoms with van der Waals surface area (Å²) in [5, 5.41) is 11.9. The maximum Gasteiger partial charge on any atom is 0.394 e. The molecule has 0 bridgehead atoms. The number of nitrogens with zero attached hydrogens (tertiary/aromatic N) is 1. The van der Waals surface area contributed by atoms with Crippen LogP contribution in [0.1, 0.15) is 26.2 Å². The van der Waals surface area contributed by atoms with Gasteiger partial charge in [-0.2, -0.15) is 0 Å². The van der Waals surface area contributed by atoms with Crippen LogP contribution in [0.4, 0.5) is 0 Å². The lowest BCUT2D eigenvalue weighted by Crippen LogP contribution is -2.47. The second kappa shape index (κ2) is 5.70. The summed E-state index contributed by atoms with van der Waals surface area (Å²) in [6.45, 7) is 4.19. The molecule has 0 radical (unpaired) electrons. The molecule has 1 amide bonds. The third-order valence-electron chi connectivity index (χ3n) is 2.65. The van der Waals surface area contributed by atoms with Crippen LogP contribution in [-0.4, -0.2) is 47.6 Å². The van der Waals surface area contributed by atoms with Crippen LogP contribution in [0.25, 0.3) is 0 Å². The first kappa shape index (κ1) is 12.0. The molecule has 0 aromatic carbocycles. The maximum atomic E-state index is 11.1. The van der Waals surface area contributed by atoms with E-state index in [1.165, 1.54) is 4.90 Å². The summed E-state index contributed by atoms with van der Waals surface area (Å²) in [6.07, 6.45) is 2.78. The summed E-state index contributed by atoms with van der Waals surface area (Å²) in [5.74, 6) is -2.13. The highest BCUT2D eigenvalue weighted by atomic mass is 16.4. The van der Waals surface area contributed by atoms with Gasteiger partial charge in [0.1, 0.15) is 0 Å². The van der Waals surface area contributed by atoms with E-state index in [0.29, 0.717) is 19.1 Å². The molecule has 1 heterocycles. The molecule has 1 aliphatic heterocycles. The van der Waals surface area contributed by atoms with Gasteiger partial charge in [-0.3, -0.25) is 4.79 Å². The molecule has 86 valence electrons. The van der Waals surface area contributed by atoms with Gasteiger partial charge in [-0.05, 0) is 25.8 Å². The van der Waals surface area contributed by atoms with Crippen LogP contribution >= 0.6 is 0 Å². The first-order valence-corrected chi connectivity index (χ1v) is 5.40. The number of carbonyl (C=O) groups is 2. The van der Waals surface area contributed by atoms with Crippen molar-refractivity contribution in [1.29, 1.82) is 0 Å². The molecule has 2 N–H and O–H groups in total. The van der Waals surface area contributed by atoms with E-state index in [2.05, 4.69) is 12.2 Å². The Kier molecular flexibility index (Phi) is 4.55. The smallest absolute Gasteiger partial charge is 0.394 e. The molecule has 1 aliphatic rings. The van der Waals surface area contributed by atoms with E-state index in [4.69, 9.17) is 5.11 Å². The van der Waals surface area contributed by atoms with Crippen LogP contribution in [0.5, 0.6) is 0 Å². The Morgan fingerprint density at radius 2 is 2.00 bits per heavy atom. The molecular weight excluding hydrogens is 196 g/mol. The third kappa shape index (κ3) is 3.51. The van der Waals surface area contributed by atoms with Gasteiger partial charge >= 0.3 is 11.9 Å². The first-order chi connectivity index (χ1) is 7.15. The van der Waals surface area contributed by atoms with Crippen molar-refractivity contribution in [2.24, 2.45) is 0 Å². The molecule has 5 heteroatoms. The van der Waals surface area contributed by atoms with E-state index in [9.17, 15) is 9.59 Å². The van der Waals surface area contributed by atoms with Crippen molar-refractivity contribution >= 4 is 11.9 Å². The minimum atomic E-state index is -1.35. The second-order valence-electron chi connectivity index (χ2n) is 3.83. The molecule has 0 aromatic rings. The normalized spacial score (nSPS) is 17.8. The van der Waals surface area contributed by atoms with Gasteiger partial charge in [0.05, 0.1) is 0 Å². The Morgan fingerprint density at radius 3 is 2.47 bits per heavy atom. The van der Waals surface area contributed by atoms with Gasteiger partial charge in [0.2, 0.25) is 0 Å². The molecule has 15 heavy (non-hydrogen) atoms. The fraction of sp³-hybridized carbons (Fsp3) is 0.800. The van der Waals surface area contributed by atoms with E-state index in [0.717, 1.165) is 25.8 Å². The van der Waals surface area contributed by atoms with Gasteiger partial charge in [0.15, 0.2) is 0 Å². The Labute approximate surface area is 89.4 Å². The van der Waals surface area contributed by atoms with Crippen LogP contribution in [0.2, 0.25) is 0 Å². The molecule has 0 atom stereocenters. The summed E-state index contributed by atoms with van der Waals surface area (Å²) in [6, 6.07) is 0.433. The standard InChI is InChI=1S/C10H18N2O3/c1-2-5-11-8-3-6-12(7-4-8)9(13)10(14)15/h8,11H,2-7H2,1H3,(H,14,15). The molecule has 0 aliphatic carbocycles. The molecular formula is C10H18N2O3. The van der Waals surface area contributed by atoms with Crippen molar-refractivity contribution in [3.63, 3.8) is 0 Å². The van der Waals surface area contributed by atoms with Crippen molar-refractivity contribution in [3.8, 4) is 0 Å². The monoisotopic (exact) mass is 214 g/mol. The number of nitrogens with one attached hydrogen (secondary N) is 1. The van der Waals surface area contributed by atoms with Gasteiger partial charge in [-0.25, -0.2) is 4.79 Å². The summed E-state index contributed by atoms with van der Waals surface area (Å²) in [5.41, 5.74) is 0. The fourth-order valence-corrected chi connectivity index (χ4v) is 1.77. The zero-order valence-electron chi connectivity index (χ0n) is 9.03. The molecule has 0 saturated carbocycles. The molecule has 0 unspecified atom stereocenters. The van der Waals surface area contributed by atoms with Crippen LogP contribution < -0.4 is 5.32 Å². The first-order valence-electron chi connectivity index (χ1n) is 5.40. The van der Waals surface area contributed by atoms with Crippen LogP contribution in [0.15, 0.2) is 0 Å². The van der Waals surface area contributed by atoms with Gasteiger partial charge in [-0.1, -0.05) is 6.92 Å². The lowest BCUT2D eigenvalue weighted by molar-refractivity contribution is -0.156. The lowest BCUT2D eigenvalue weighted by Gasteiger charge is -2.31. The van der Waals surface area contributed by atoms with Gasteiger partial charge < -0.3 is 15.3 Å². The number of likely N-dealkylation sites (tertiary alicyclic amines) is 1. The predicted molar refractivity (Wildman–Crippen MR) is 55.5 cm³/mol.